The van der Waals surface area contributed by atoms with Gasteiger partial charge in [-0.1, -0.05) is 6.08 Å². The summed E-state index contributed by atoms with van der Waals surface area (Å²) in [5.74, 6) is 0. The molecule has 0 amide bonds. The molecule has 0 saturated heterocycles. The van der Waals surface area contributed by atoms with E-state index in [0.717, 1.165) is 0 Å². The van der Waals surface area contributed by atoms with Gasteiger partial charge in [0.1, 0.15) is 15.9 Å². The Morgan fingerprint density at radius 1 is 1.45 bits per heavy atom. The van der Waals surface area contributed by atoms with E-state index in [2.05, 4.69) is 16.5 Å². The number of rotatable bonds is 4. The van der Waals surface area contributed by atoms with Crippen LogP contribution in [0.2, 0.25) is 0 Å². The van der Waals surface area contributed by atoms with Crippen LogP contribution in [0.15, 0.2) is 57.4 Å². The molecule has 0 saturated carbocycles. The van der Waals surface area contributed by atoms with Crippen molar-refractivity contribution >= 4 is 33.3 Å². The van der Waals surface area contributed by atoms with Gasteiger partial charge in [-0.25, -0.2) is 9.97 Å². The monoisotopic (exact) mass is 326 g/mol. The Balaban J connectivity index is 2.08. The van der Waals surface area contributed by atoms with E-state index in [0.29, 0.717) is 32.5 Å². The van der Waals surface area contributed by atoms with Crippen LogP contribution in [0.1, 0.15) is 5.56 Å². The lowest BCUT2D eigenvalue weighted by Crippen LogP contribution is -2.22. The Morgan fingerprint density at radius 2 is 2.32 bits per heavy atom. The molecule has 5 nitrogen and oxygen atoms in total. The third-order valence-electron chi connectivity index (χ3n) is 2.92. The largest absolute Gasteiger partial charge is 0.283 e. The maximum atomic E-state index is 12.5. The molecule has 7 heteroatoms. The highest BCUT2D eigenvalue weighted by atomic mass is 32.2. The lowest BCUT2D eigenvalue weighted by atomic mass is 10.3. The van der Waals surface area contributed by atoms with Crippen LogP contribution < -0.4 is 5.56 Å². The SMILES string of the molecule is C=CCn1c(Sc2ccc(C#N)cn2)nc2sccc2c1=O. The molecule has 0 aromatic carbocycles. The van der Waals surface area contributed by atoms with Crippen molar-refractivity contribution < 1.29 is 0 Å². The van der Waals surface area contributed by atoms with Crippen molar-refractivity contribution in [3.05, 3.63) is 58.3 Å². The maximum Gasteiger partial charge on any atom is 0.263 e. The Kier molecular flexibility index (Phi) is 4.04. The van der Waals surface area contributed by atoms with Crippen LogP contribution in [-0.4, -0.2) is 14.5 Å². The van der Waals surface area contributed by atoms with Gasteiger partial charge < -0.3 is 0 Å². The Morgan fingerprint density at radius 3 is 3.00 bits per heavy atom. The van der Waals surface area contributed by atoms with Crippen molar-refractivity contribution in [3.8, 4) is 6.07 Å². The van der Waals surface area contributed by atoms with Gasteiger partial charge in [0.25, 0.3) is 5.56 Å². The normalized spacial score (nSPS) is 10.5. The maximum absolute atomic E-state index is 12.5. The van der Waals surface area contributed by atoms with E-state index in [1.165, 1.54) is 29.3 Å². The lowest BCUT2D eigenvalue weighted by Gasteiger charge is -2.09. The third-order valence-corrected chi connectivity index (χ3v) is 4.67. The van der Waals surface area contributed by atoms with Crippen LogP contribution in [0, 0.1) is 11.3 Å². The van der Waals surface area contributed by atoms with Gasteiger partial charge >= 0.3 is 0 Å². The summed E-state index contributed by atoms with van der Waals surface area (Å²) in [6.45, 7) is 4.07. The molecule has 0 N–H and O–H groups in total. The molecule has 0 radical (unpaired) electrons. The van der Waals surface area contributed by atoms with Crippen LogP contribution in [0.3, 0.4) is 0 Å². The summed E-state index contributed by atoms with van der Waals surface area (Å²) < 4.78 is 1.58. The number of hydrogen-bond acceptors (Lipinski definition) is 6. The second kappa shape index (κ2) is 6.13. The van der Waals surface area contributed by atoms with Crippen molar-refractivity contribution in [2.75, 3.05) is 0 Å². The number of nitrogens with zero attached hydrogens (tertiary/aromatic N) is 4. The predicted molar refractivity (Wildman–Crippen MR) is 87.2 cm³/mol. The molecule has 3 aromatic heterocycles. The summed E-state index contributed by atoms with van der Waals surface area (Å²) >= 11 is 2.73. The fourth-order valence-corrected chi connectivity index (χ4v) is 3.54. The van der Waals surface area contributed by atoms with Crippen LogP contribution in [0.25, 0.3) is 10.2 Å². The average Bonchev–Trinajstić information content (AvgIpc) is 3.00. The molecule has 108 valence electrons. The van der Waals surface area contributed by atoms with Crippen molar-refractivity contribution in [2.24, 2.45) is 0 Å². The van der Waals surface area contributed by atoms with E-state index in [1.807, 2.05) is 11.4 Å². The molecule has 0 spiro atoms. The van der Waals surface area contributed by atoms with Gasteiger partial charge in [0.05, 0.1) is 10.9 Å². The predicted octanol–water partition coefficient (Wildman–Crippen LogP) is 3.06. The number of allylic oxidation sites excluding steroid dienone is 1. The zero-order chi connectivity index (χ0) is 15.5. The van der Waals surface area contributed by atoms with E-state index < -0.39 is 0 Å². The van der Waals surface area contributed by atoms with Gasteiger partial charge in [0, 0.05) is 12.7 Å². The van der Waals surface area contributed by atoms with Crippen LogP contribution in [-0.2, 0) is 6.54 Å². The van der Waals surface area contributed by atoms with Crippen molar-refractivity contribution in [3.63, 3.8) is 0 Å². The Labute approximate surface area is 134 Å². The van der Waals surface area contributed by atoms with Gasteiger partial charge in [-0.2, -0.15) is 5.26 Å². The van der Waals surface area contributed by atoms with Gasteiger partial charge in [0.2, 0.25) is 0 Å². The standard InChI is InChI=1S/C15H10N4OS2/c1-2-6-19-14(20)11-5-7-21-13(11)18-15(19)22-12-4-3-10(8-16)9-17-12/h2-5,7,9H,1,6H2. The highest BCUT2D eigenvalue weighted by Gasteiger charge is 2.13. The Bertz CT molecular complexity index is 935. The van der Waals surface area contributed by atoms with E-state index >= 15 is 0 Å². The van der Waals surface area contributed by atoms with Gasteiger partial charge in [-0.15, -0.1) is 17.9 Å². The lowest BCUT2D eigenvalue weighted by molar-refractivity contribution is 0.672. The summed E-state index contributed by atoms with van der Waals surface area (Å²) in [4.78, 5) is 22.0. The molecule has 3 aromatic rings. The van der Waals surface area contributed by atoms with Crippen molar-refractivity contribution in [1.82, 2.24) is 14.5 Å². The fraction of sp³-hybridized carbons (Fsp3) is 0.0667. The Hall–Kier alpha value is -2.43. The number of nitriles is 1. The first-order valence-corrected chi connectivity index (χ1v) is 8.05. The van der Waals surface area contributed by atoms with Crippen LogP contribution >= 0.6 is 23.1 Å². The smallest absolute Gasteiger partial charge is 0.263 e. The average molecular weight is 326 g/mol. The first kappa shape index (κ1) is 14.5. The summed E-state index contributed by atoms with van der Waals surface area (Å²) in [6.07, 6.45) is 3.17. The van der Waals surface area contributed by atoms with Crippen LogP contribution in [0.4, 0.5) is 0 Å². The number of fused-ring (bicyclic) bond motifs is 1. The molecule has 0 atom stereocenters. The minimum absolute atomic E-state index is 0.0812. The van der Waals surface area contributed by atoms with E-state index in [9.17, 15) is 4.79 Å². The van der Waals surface area contributed by atoms with Crippen molar-refractivity contribution in [2.45, 2.75) is 16.7 Å². The molecule has 3 heterocycles. The minimum Gasteiger partial charge on any atom is -0.283 e. The van der Waals surface area contributed by atoms with E-state index in [-0.39, 0.29) is 5.56 Å². The van der Waals surface area contributed by atoms with Gasteiger partial charge in [-0.05, 0) is 35.3 Å². The molecular weight excluding hydrogens is 316 g/mol. The molecular formula is C15H10N4OS2. The zero-order valence-corrected chi connectivity index (χ0v) is 13.0. The van der Waals surface area contributed by atoms with E-state index in [4.69, 9.17) is 5.26 Å². The second-order valence-corrected chi connectivity index (χ2v) is 6.22. The van der Waals surface area contributed by atoms with Gasteiger partial charge in [0.15, 0.2) is 5.16 Å². The number of pyridine rings is 1. The van der Waals surface area contributed by atoms with Gasteiger partial charge in [-0.3, -0.25) is 9.36 Å². The highest BCUT2D eigenvalue weighted by molar-refractivity contribution is 7.99. The molecule has 0 aliphatic rings. The number of hydrogen-bond donors (Lipinski definition) is 0. The minimum atomic E-state index is -0.0812. The zero-order valence-electron chi connectivity index (χ0n) is 11.4. The quantitative estimate of drug-likeness (QED) is 0.544. The summed E-state index contributed by atoms with van der Waals surface area (Å²) in [6, 6.07) is 7.24. The highest BCUT2D eigenvalue weighted by Crippen LogP contribution is 2.26. The molecule has 0 aliphatic carbocycles. The molecule has 0 bridgehead atoms. The molecule has 0 fully saturated rings. The second-order valence-electron chi connectivity index (χ2n) is 4.34. The number of aromatic nitrogens is 3. The van der Waals surface area contributed by atoms with Crippen molar-refractivity contribution in [1.29, 1.82) is 5.26 Å². The number of thiophene rings is 1. The first-order valence-electron chi connectivity index (χ1n) is 6.36. The van der Waals surface area contributed by atoms with Crippen LogP contribution in [0.5, 0.6) is 0 Å². The third kappa shape index (κ3) is 2.66. The molecule has 3 rings (SSSR count). The molecule has 0 unspecified atom stereocenters. The summed E-state index contributed by atoms with van der Waals surface area (Å²) in [7, 11) is 0. The fourth-order valence-electron chi connectivity index (χ4n) is 1.90. The molecule has 0 aliphatic heterocycles. The first-order chi connectivity index (χ1) is 10.7. The summed E-state index contributed by atoms with van der Waals surface area (Å²) in [5, 5.41) is 12.5. The van der Waals surface area contributed by atoms with E-state index in [1.54, 1.807) is 28.8 Å². The topological polar surface area (TPSA) is 71.6 Å². The summed E-state index contributed by atoms with van der Waals surface area (Å²) in [5.41, 5.74) is 0.414. The molecule has 22 heavy (non-hydrogen) atoms.